The van der Waals surface area contributed by atoms with Crippen LogP contribution in [0.15, 0.2) is 72.8 Å². The van der Waals surface area contributed by atoms with Crippen molar-refractivity contribution in [2.75, 3.05) is 0 Å². The van der Waals surface area contributed by atoms with Crippen molar-refractivity contribution in [3.8, 4) is 17.2 Å². The number of benzene rings is 3. The van der Waals surface area contributed by atoms with Gasteiger partial charge in [0.2, 0.25) is 0 Å². The molecule has 0 bridgehead atoms. The molecule has 0 aliphatic rings. The van der Waals surface area contributed by atoms with Crippen LogP contribution in [-0.4, -0.2) is 17.0 Å². The quantitative estimate of drug-likeness (QED) is 0.463. The Bertz CT molecular complexity index is 825. The van der Waals surface area contributed by atoms with E-state index in [9.17, 15) is 9.90 Å². The monoisotopic (exact) mass is 438 g/mol. The Hall–Kier alpha value is -2.60. The van der Waals surface area contributed by atoms with Crippen LogP contribution < -0.4 is 14.2 Å². The van der Waals surface area contributed by atoms with Crippen molar-refractivity contribution in [2.45, 2.75) is 5.97 Å². The van der Waals surface area contributed by atoms with Gasteiger partial charge in [-0.2, -0.15) is 0 Å². The van der Waals surface area contributed by atoms with E-state index in [4.69, 9.17) is 49.0 Å². The second-order valence-corrected chi connectivity index (χ2v) is 6.84. The first kappa shape index (κ1) is 20.1. The summed E-state index contributed by atoms with van der Waals surface area (Å²) in [5.74, 6) is -3.50. The second kappa shape index (κ2) is 8.61. The Morgan fingerprint density at radius 2 is 0.857 bits per heavy atom. The smallest absolute Gasteiger partial charge is 0.472 e. The highest BCUT2D eigenvalue weighted by Crippen LogP contribution is 2.29. The van der Waals surface area contributed by atoms with Crippen molar-refractivity contribution in [1.29, 1.82) is 0 Å². The van der Waals surface area contributed by atoms with Gasteiger partial charge < -0.3 is 19.3 Å². The number of hydrogen-bond acceptors (Lipinski definition) is 4. The summed E-state index contributed by atoms with van der Waals surface area (Å²) in [4.78, 5) is 12.2. The van der Waals surface area contributed by atoms with Crippen LogP contribution in [0.2, 0.25) is 15.1 Å². The molecule has 0 saturated heterocycles. The molecule has 0 atom stereocenters. The van der Waals surface area contributed by atoms with Crippen LogP contribution >= 0.6 is 34.8 Å². The van der Waals surface area contributed by atoms with E-state index in [1.54, 1.807) is 36.4 Å². The van der Waals surface area contributed by atoms with Crippen LogP contribution in [0.3, 0.4) is 0 Å². The Morgan fingerprint density at radius 3 is 1.07 bits per heavy atom. The summed E-state index contributed by atoms with van der Waals surface area (Å²) in [7, 11) is 0. The zero-order valence-corrected chi connectivity index (χ0v) is 16.4. The largest absolute Gasteiger partial charge is 0.523 e. The number of halogens is 3. The molecule has 1 N–H and O–H groups in total. The summed E-state index contributed by atoms with van der Waals surface area (Å²) in [5.41, 5.74) is 0. The van der Waals surface area contributed by atoms with Gasteiger partial charge in [-0.3, -0.25) is 0 Å². The van der Waals surface area contributed by atoms with E-state index in [0.717, 1.165) is 0 Å². The number of rotatable bonds is 7. The molecule has 0 heterocycles. The van der Waals surface area contributed by atoms with E-state index in [1.807, 2.05) is 0 Å². The lowest BCUT2D eigenvalue weighted by Crippen LogP contribution is -2.55. The summed E-state index contributed by atoms with van der Waals surface area (Å²) in [6, 6.07) is 18.3. The number of carboxylic acid groups (broad SMARTS) is 1. The average Bonchev–Trinajstić information content (AvgIpc) is 2.67. The minimum absolute atomic E-state index is 0.176. The van der Waals surface area contributed by atoms with Crippen molar-refractivity contribution in [3.63, 3.8) is 0 Å². The lowest BCUT2D eigenvalue weighted by Gasteiger charge is -2.30. The molecule has 3 rings (SSSR count). The van der Waals surface area contributed by atoms with Gasteiger partial charge >= 0.3 is 11.9 Å². The van der Waals surface area contributed by atoms with Crippen LogP contribution in [0.4, 0.5) is 0 Å². The Labute approximate surface area is 175 Å². The van der Waals surface area contributed by atoms with Crippen molar-refractivity contribution in [1.82, 2.24) is 0 Å². The number of aliphatic carboxylic acids is 1. The first-order valence-corrected chi connectivity index (χ1v) is 9.07. The molecular weight excluding hydrogens is 427 g/mol. The second-order valence-electron chi connectivity index (χ2n) is 5.53. The van der Waals surface area contributed by atoms with E-state index in [2.05, 4.69) is 0 Å². The van der Waals surface area contributed by atoms with Crippen LogP contribution in [0.1, 0.15) is 0 Å². The molecule has 0 amide bonds. The summed E-state index contributed by atoms with van der Waals surface area (Å²) in [6.07, 6.45) is 0. The van der Waals surface area contributed by atoms with Crippen molar-refractivity contribution in [3.05, 3.63) is 87.9 Å². The lowest BCUT2D eigenvalue weighted by atomic mass is 10.3. The van der Waals surface area contributed by atoms with Gasteiger partial charge in [-0.1, -0.05) is 34.8 Å². The van der Waals surface area contributed by atoms with E-state index in [0.29, 0.717) is 15.1 Å². The molecule has 28 heavy (non-hydrogen) atoms. The fraction of sp³-hybridized carbons (Fsp3) is 0.0500. The minimum Gasteiger partial charge on any atom is -0.472 e. The van der Waals surface area contributed by atoms with E-state index >= 15 is 0 Å². The standard InChI is InChI=1S/C20H13Cl3O5/c21-13-1-7-16(8-2-13)26-20(19(24)25,27-17-9-3-14(22)4-10-17)28-18-11-5-15(23)6-12-18/h1-12H,(H,24,25). The molecule has 0 fully saturated rings. The minimum atomic E-state index is -2.52. The predicted molar refractivity (Wildman–Crippen MR) is 107 cm³/mol. The van der Waals surface area contributed by atoms with Gasteiger partial charge in [0, 0.05) is 15.1 Å². The van der Waals surface area contributed by atoms with Crippen molar-refractivity contribution >= 4 is 40.8 Å². The van der Waals surface area contributed by atoms with Gasteiger partial charge in [-0.25, -0.2) is 4.79 Å². The maximum atomic E-state index is 12.2. The van der Waals surface area contributed by atoms with Gasteiger partial charge in [0.15, 0.2) is 0 Å². The normalized spacial score (nSPS) is 11.0. The molecule has 0 spiro atoms. The van der Waals surface area contributed by atoms with Crippen molar-refractivity contribution in [2.24, 2.45) is 0 Å². The molecule has 3 aromatic carbocycles. The highest BCUT2D eigenvalue weighted by molar-refractivity contribution is 6.31. The molecular formula is C20H13Cl3O5. The SMILES string of the molecule is O=C(O)C(Oc1ccc(Cl)cc1)(Oc1ccc(Cl)cc1)Oc1ccc(Cl)cc1. The fourth-order valence-electron chi connectivity index (χ4n) is 2.17. The first-order chi connectivity index (χ1) is 13.4. The summed E-state index contributed by atoms with van der Waals surface area (Å²) in [6.45, 7) is 0. The molecule has 0 aromatic heterocycles. The zero-order valence-electron chi connectivity index (χ0n) is 14.1. The molecule has 0 saturated carbocycles. The van der Waals surface area contributed by atoms with Gasteiger partial charge in [-0.15, -0.1) is 0 Å². The Balaban J connectivity index is 1.99. The molecule has 144 valence electrons. The third-order valence-corrected chi connectivity index (χ3v) is 4.22. The maximum absolute atomic E-state index is 12.2. The molecule has 0 aliphatic heterocycles. The van der Waals surface area contributed by atoms with Crippen LogP contribution in [0.5, 0.6) is 17.2 Å². The van der Waals surface area contributed by atoms with Crippen LogP contribution in [-0.2, 0) is 4.79 Å². The van der Waals surface area contributed by atoms with Gasteiger partial charge in [0.25, 0.3) is 0 Å². The number of carboxylic acids is 1. The molecule has 0 radical (unpaired) electrons. The Morgan fingerprint density at radius 1 is 0.607 bits per heavy atom. The summed E-state index contributed by atoms with van der Waals surface area (Å²) < 4.78 is 16.9. The topological polar surface area (TPSA) is 65.0 Å². The number of ether oxygens (including phenoxy) is 3. The average molecular weight is 440 g/mol. The van der Waals surface area contributed by atoms with Crippen LogP contribution in [0, 0.1) is 0 Å². The maximum Gasteiger partial charge on any atom is 0.523 e. The first-order valence-electron chi connectivity index (χ1n) is 7.93. The third-order valence-electron chi connectivity index (χ3n) is 3.46. The molecule has 0 aliphatic carbocycles. The van der Waals surface area contributed by atoms with Gasteiger partial charge in [0.1, 0.15) is 17.2 Å². The highest BCUT2D eigenvalue weighted by Gasteiger charge is 2.49. The highest BCUT2D eigenvalue weighted by atomic mass is 35.5. The summed E-state index contributed by atoms with van der Waals surface area (Å²) in [5, 5.41) is 11.3. The van der Waals surface area contributed by atoms with Crippen molar-refractivity contribution < 1.29 is 24.1 Å². The number of carbonyl (C=O) groups is 1. The van der Waals surface area contributed by atoms with E-state index in [1.165, 1.54) is 36.4 Å². The molecule has 0 unspecified atom stereocenters. The Kier molecular flexibility index (Phi) is 6.19. The van der Waals surface area contributed by atoms with E-state index < -0.39 is 11.9 Å². The van der Waals surface area contributed by atoms with Gasteiger partial charge in [-0.05, 0) is 72.8 Å². The predicted octanol–water partition coefficient (Wildman–Crippen LogP) is 5.92. The fourth-order valence-corrected chi connectivity index (χ4v) is 2.54. The molecule has 8 heteroatoms. The van der Waals surface area contributed by atoms with E-state index in [-0.39, 0.29) is 17.2 Å². The number of hydrogen-bond donors (Lipinski definition) is 1. The zero-order chi connectivity index (χ0) is 20.1. The third kappa shape index (κ3) is 5.01. The molecule has 5 nitrogen and oxygen atoms in total. The molecule has 3 aromatic rings. The lowest BCUT2D eigenvalue weighted by molar-refractivity contribution is -0.255. The van der Waals surface area contributed by atoms with Gasteiger partial charge in [0.05, 0.1) is 0 Å². The van der Waals surface area contributed by atoms with Crippen LogP contribution in [0.25, 0.3) is 0 Å². The summed E-state index contributed by atoms with van der Waals surface area (Å²) >= 11 is 17.6.